The van der Waals surface area contributed by atoms with Gasteiger partial charge in [0.05, 0.1) is 34.3 Å². The van der Waals surface area contributed by atoms with Gasteiger partial charge in [-0.3, -0.25) is 48.7 Å². The third-order valence-corrected chi connectivity index (χ3v) is 17.0. The van der Waals surface area contributed by atoms with E-state index >= 15 is 4.39 Å². The van der Waals surface area contributed by atoms with Crippen LogP contribution in [0.15, 0.2) is 83.7 Å². The number of nitrogens with one attached hydrogen (secondary N) is 4. The Balaban J connectivity index is 0.691. The van der Waals surface area contributed by atoms with Crippen molar-refractivity contribution in [2.75, 3.05) is 36.8 Å². The van der Waals surface area contributed by atoms with E-state index in [1.807, 2.05) is 48.5 Å². The van der Waals surface area contributed by atoms with Gasteiger partial charge in [0.1, 0.15) is 17.3 Å². The second-order valence-corrected chi connectivity index (χ2v) is 21.5. The number of carbonyl (C=O) groups excluding carboxylic acids is 4. The van der Waals surface area contributed by atoms with Crippen molar-refractivity contribution in [3.8, 4) is 0 Å². The first-order valence-corrected chi connectivity index (χ1v) is 25.9. The van der Waals surface area contributed by atoms with Crippen LogP contribution in [-0.2, 0) is 49.5 Å². The van der Waals surface area contributed by atoms with Gasteiger partial charge in [-0.25, -0.2) is 9.18 Å². The van der Waals surface area contributed by atoms with Crippen molar-refractivity contribution in [2.24, 2.45) is 7.05 Å². The number of likely N-dealkylation sites (tertiary alicyclic amines) is 2. The first-order valence-electron chi connectivity index (χ1n) is 25.2. The van der Waals surface area contributed by atoms with Gasteiger partial charge in [0.2, 0.25) is 23.6 Å². The van der Waals surface area contributed by atoms with Gasteiger partial charge in [-0.1, -0.05) is 78.9 Å². The lowest BCUT2D eigenvalue weighted by Crippen LogP contribution is -2.60. The van der Waals surface area contributed by atoms with E-state index in [0.29, 0.717) is 46.7 Å². The van der Waals surface area contributed by atoms with Crippen LogP contribution in [0, 0.1) is 5.82 Å². The first kappa shape index (κ1) is 47.9. The molecule has 11 rings (SSSR count). The third kappa shape index (κ3) is 8.59. The van der Waals surface area contributed by atoms with Crippen LogP contribution in [0.5, 0.6) is 0 Å². The maximum Gasteiger partial charge on any atom is 0.329 e. The van der Waals surface area contributed by atoms with Crippen molar-refractivity contribution in [1.82, 2.24) is 29.6 Å². The van der Waals surface area contributed by atoms with Gasteiger partial charge < -0.3 is 15.4 Å². The highest BCUT2D eigenvalue weighted by molar-refractivity contribution is 6.31. The van der Waals surface area contributed by atoms with Crippen LogP contribution in [0.4, 0.5) is 15.8 Å². The number of nitrogens with zero attached hydrogens (tertiary/aromatic N) is 4. The molecule has 1 unspecified atom stereocenters. The van der Waals surface area contributed by atoms with E-state index in [1.54, 1.807) is 35.9 Å². The van der Waals surface area contributed by atoms with Crippen molar-refractivity contribution in [2.45, 2.75) is 125 Å². The molecule has 4 N–H and O–H groups in total. The number of aryl methyl sites for hydroxylation is 1. The third-order valence-electron chi connectivity index (χ3n) is 16.5. The second kappa shape index (κ2) is 19.2. The van der Waals surface area contributed by atoms with Crippen LogP contribution >= 0.6 is 23.2 Å². The number of piperidine rings is 3. The zero-order valence-corrected chi connectivity index (χ0v) is 41.3. The van der Waals surface area contributed by atoms with E-state index in [4.69, 9.17) is 27.9 Å². The molecule has 4 aromatic carbocycles. The number of halogens is 3. The molecular formula is C54H59Cl2FN8O6. The number of rotatable bonds is 10. The number of benzene rings is 4. The van der Waals surface area contributed by atoms with Gasteiger partial charge in [-0.2, -0.15) is 0 Å². The number of hydrogen-bond acceptors (Lipinski definition) is 9. The Morgan fingerprint density at radius 2 is 1.46 bits per heavy atom. The summed E-state index contributed by atoms with van der Waals surface area (Å²) in [7, 11) is 1.72. The zero-order chi connectivity index (χ0) is 49.2. The summed E-state index contributed by atoms with van der Waals surface area (Å²) in [5.74, 6) is -2.91. The molecule has 1 aliphatic carbocycles. The number of carbonyl (C=O) groups is 4. The Labute approximate surface area is 421 Å². The van der Waals surface area contributed by atoms with Crippen molar-refractivity contribution in [1.29, 1.82) is 0 Å². The second-order valence-electron chi connectivity index (χ2n) is 20.6. The molecule has 1 aromatic heterocycles. The number of ether oxygens (including phenoxy) is 1. The van der Waals surface area contributed by atoms with Gasteiger partial charge in [-0.15, -0.1) is 0 Å². The van der Waals surface area contributed by atoms with Crippen LogP contribution in [0.25, 0.3) is 11.0 Å². The van der Waals surface area contributed by atoms with E-state index in [9.17, 15) is 24.0 Å². The van der Waals surface area contributed by atoms with Gasteiger partial charge in [-0.05, 0) is 110 Å². The fourth-order valence-electron chi connectivity index (χ4n) is 13.1. The van der Waals surface area contributed by atoms with Crippen LogP contribution in [0.1, 0.15) is 105 Å². The fourth-order valence-corrected chi connectivity index (χ4v) is 13.4. The minimum Gasteiger partial charge on any atom is -0.375 e. The van der Waals surface area contributed by atoms with E-state index < -0.39 is 40.7 Å². The molecule has 5 aliphatic heterocycles. The minimum absolute atomic E-state index is 0.0657. The van der Waals surface area contributed by atoms with Crippen molar-refractivity contribution in [3.05, 3.63) is 127 Å². The van der Waals surface area contributed by atoms with Gasteiger partial charge >= 0.3 is 5.69 Å². The van der Waals surface area contributed by atoms with E-state index in [0.717, 1.165) is 101 Å². The molecule has 5 fully saturated rings. The van der Waals surface area contributed by atoms with Gasteiger partial charge in [0.15, 0.2) is 0 Å². The van der Waals surface area contributed by atoms with Crippen LogP contribution in [0.2, 0.25) is 10.0 Å². The van der Waals surface area contributed by atoms with Gasteiger partial charge in [0, 0.05) is 80.6 Å². The lowest BCUT2D eigenvalue weighted by Gasteiger charge is -2.47. The molecule has 6 heterocycles. The molecule has 4 amide bonds. The average Bonchev–Trinajstić information content (AvgIpc) is 3.91. The number of amides is 4. The highest BCUT2D eigenvalue weighted by Gasteiger charge is 2.72. The Hall–Kier alpha value is -5.42. The van der Waals surface area contributed by atoms with Gasteiger partial charge in [0.25, 0.3) is 0 Å². The summed E-state index contributed by atoms with van der Waals surface area (Å²) >= 11 is 12.9. The standard InChI is InChI=1S/C54H59Cl2FN8O6/c1-62-44-28-33(10-15-42(44)65(52(62)70)43-16-17-45(66)60-49(43)67)31-64-26-20-37(21-27-64)71-36-18-24-63(25-19-36)30-32-8-12-35(13-9-32)58-50(68)48-46(38-6-5-7-40(56)47(38)57)54(53(61-48)22-3-2-4-23-53)39-14-11-34(55)29-41(39)59-51(54)69/h5-15,28-29,36-37,43,46,48,61H,2-4,16-27,30-31H2,1H3,(H,58,68)(H,59,69)(H,60,66,67)/t43?,46-,48+,54+/m0/s1. The topological polar surface area (TPSA) is 159 Å². The molecule has 71 heavy (non-hydrogen) atoms. The van der Waals surface area contributed by atoms with Crippen LogP contribution < -0.4 is 27.0 Å². The highest BCUT2D eigenvalue weighted by atomic mass is 35.5. The molecule has 0 radical (unpaired) electrons. The molecule has 372 valence electrons. The highest BCUT2D eigenvalue weighted by Crippen LogP contribution is 2.63. The number of aromatic nitrogens is 2. The number of hydrogen-bond donors (Lipinski definition) is 4. The summed E-state index contributed by atoms with van der Waals surface area (Å²) in [5, 5.41) is 12.7. The largest absolute Gasteiger partial charge is 0.375 e. The Bertz CT molecular complexity index is 2980. The summed E-state index contributed by atoms with van der Waals surface area (Å²) in [5.41, 5.74) is 3.42. The quantitative estimate of drug-likeness (QED) is 0.103. The molecule has 4 saturated heterocycles. The predicted molar refractivity (Wildman–Crippen MR) is 270 cm³/mol. The minimum atomic E-state index is -1.30. The Morgan fingerprint density at radius 3 is 2.15 bits per heavy atom. The van der Waals surface area contributed by atoms with Crippen molar-refractivity contribution >= 4 is 69.2 Å². The van der Waals surface area contributed by atoms with Crippen molar-refractivity contribution in [3.63, 3.8) is 0 Å². The van der Waals surface area contributed by atoms with Crippen LogP contribution in [-0.4, -0.2) is 92.5 Å². The molecule has 6 aliphatic rings. The predicted octanol–water partition coefficient (Wildman–Crippen LogP) is 7.70. The first-order chi connectivity index (χ1) is 34.3. The lowest BCUT2D eigenvalue weighted by atomic mass is 9.55. The summed E-state index contributed by atoms with van der Waals surface area (Å²) < 4.78 is 26.1. The summed E-state index contributed by atoms with van der Waals surface area (Å²) in [6.07, 6.45) is 8.73. The number of imidazole rings is 1. The van der Waals surface area contributed by atoms with E-state index in [1.165, 1.54) is 10.6 Å². The monoisotopic (exact) mass is 1000 g/mol. The molecular weight excluding hydrogens is 947 g/mol. The smallest absolute Gasteiger partial charge is 0.329 e. The maximum atomic E-state index is 16.3. The Morgan fingerprint density at radius 1 is 0.789 bits per heavy atom. The Kier molecular flexibility index (Phi) is 13.0. The number of anilines is 2. The average molecular weight is 1010 g/mol. The molecule has 2 spiro atoms. The van der Waals surface area contributed by atoms with Crippen molar-refractivity contribution < 1.29 is 28.3 Å². The zero-order valence-electron chi connectivity index (χ0n) is 39.8. The summed E-state index contributed by atoms with van der Waals surface area (Å²) in [6, 6.07) is 22.4. The molecule has 14 nitrogen and oxygen atoms in total. The van der Waals surface area contributed by atoms with E-state index in [-0.39, 0.29) is 52.6 Å². The molecule has 17 heteroatoms. The molecule has 5 aromatic rings. The lowest BCUT2D eigenvalue weighted by molar-refractivity contribution is -0.135. The normalized spacial score (nSPS) is 25.2. The van der Waals surface area contributed by atoms with E-state index in [2.05, 4.69) is 31.1 Å². The SMILES string of the molecule is Cn1c(=O)n(C2CCC(=O)NC2=O)c2ccc(CN3CCC(OC4CCN(Cc5ccc(NC(=O)[C@@H]6NC7(CCCCC7)[C@@]7(C(=O)Nc8cc(Cl)ccc87)[C@H]6c6cccc(Cl)c6F)cc5)CC4)CC3)cc21. The molecule has 4 atom stereocenters. The number of fused-ring (bicyclic) bond motifs is 4. The molecule has 0 bridgehead atoms. The number of imide groups is 1. The summed E-state index contributed by atoms with van der Waals surface area (Å²) in [4.78, 5) is 71.8. The molecule has 1 saturated carbocycles. The fraction of sp³-hybridized carbons (Fsp3) is 0.463. The van der Waals surface area contributed by atoms with Crippen LogP contribution in [0.3, 0.4) is 0 Å². The maximum absolute atomic E-state index is 16.3. The summed E-state index contributed by atoms with van der Waals surface area (Å²) in [6.45, 7) is 5.18.